The Morgan fingerprint density at radius 1 is 1.47 bits per heavy atom. The molecule has 1 unspecified atom stereocenters. The van der Waals surface area contributed by atoms with Gasteiger partial charge < -0.3 is 10.2 Å². The van der Waals surface area contributed by atoms with Gasteiger partial charge in [0.1, 0.15) is 5.82 Å². The molecule has 0 bridgehead atoms. The fourth-order valence-corrected chi connectivity index (χ4v) is 2.45. The minimum Gasteiger partial charge on any atom is -0.356 e. The zero-order valence-corrected chi connectivity index (χ0v) is 13.1. The van der Waals surface area contributed by atoms with Crippen LogP contribution in [0.25, 0.3) is 0 Å². The Bertz CT molecular complexity index is 440. The maximum atomic E-state index is 6.24. The number of hydrogen-bond donors (Lipinski definition) is 1. The monoisotopic (exact) mass is 281 g/mol. The van der Waals surface area contributed by atoms with E-state index in [1.807, 2.05) is 0 Å². The second kappa shape index (κ2) is 5.68. The zero-order valence-electron chi connectivity index (χ0n) is 12.3. The van der Waals surface area contributed by atoms with Gasteiger partial charge in [-0.2, -0.15) is 0 Å². The SMILES string of the molecule is CC1CCN(c2cc(CNC(C)(C)C)c(Cl)cn2)C1. The van der Waals surface area contributed by atoms with E-state index in [-0.39, 0.29) is 5.54 Å². The molecular weight excluding hydrogens is 258 g/mol. The van der Waals surface area contributed by atoms with Crippen molar-refractivity contribution in [2.24, 2.45) is 5.92 Å². The Labute approximate surface area is 121 Å². The van der Waals surface area contributed by atoms with Gasteiger partial charge in [0, 0.05) is 31.4 Å². The van der Waals surface area contributed by atoms with E-state index in [9.17, 15) is 0 Å². The summed E-state index contributed by atoms with van der Waals surface area (Å²) in [6, 6.07) is 2.12. The second-order valence-electron chi connectivity index (χ2n) is 6.58. The summed E-state index contributed by atoms with van der Waals surface area (Å²) < 4.78 is 0. The van der Waals surface area contributed by atoms with E-state index in [4.69, 9.17) is 11.6 Å². The van der Waals surface area contributed by atoms with Gasteiger partial charge in [0.25, 0.3) is 0 Å². The minimum atomic E-state index is 0.0922. The van der Waals surface area contributed by atoms with E-state index in [0.29, 0.717) is 0 Å². The van der Waals surface area contributed by atoms with Crippen molar-refractivity contribution < 1.29 is 0 Å². The van der Waals surface area contributed by atoms with Crippen LogP contribution in [-0.4, -0.2) is 23.6 Å². The first kappa shape index (κ1) is 14.6. The van der Waals surface area contributed by atoms with Crippen molar-refractivity contribution in [1.82, 2.24) is 10.3 Å². The van der Waals surface area contributed by atoms with E-state index in [1.165, 1.54) is 6.42 Å². The number of aromatic nitrogens is 1. The minimum absolute atomic E-state index is 0.0922. The summed E-state index contributed by atoms with van der Waals surface area (Å²) in [4.78, 5) is 6.81. The maximum absolute atomic E-state index is 6.24. The number of pyridine rings is 1. The highest BCUT2D eigenvalue weighted by Crippen LogP contribution is 2.25. The van der Waals surface area contributed by atoms with Crippen LogP contribution in [0.1, 0.15) is 39.7 Å². The molecule has 4 heteroatoms. The van der Waals surface area contributed by atoms with Gasteiger partial charge in [0.2, 0.25) is 0 Å². The molecule has 0 spiro atoms. The van der Waals surface area contributed by atoms with Crippen LogP contribution in [0.2, 0.25) is 5.02 Å². The Balaban J connectivity index is 2.11. The molecule has 3 nitrogen and oxygen atoms in total. The van der Waals surface area contributed by atoms with Crippen LogP contribution in [0.15, 0.2) is 12.3 Å². The number of rotatable bonds is 3. The fourth-order valence-electron chi connectivity index (χ4n) is 2.28. The molecular formula is C15H24ClN3. The Hall–Kier alpha value is -0.800. The molecule has 0 radical (unpaired) electrons. The first-order valence-corrected chi connectivity index (χ1v) is 7.37. The molecule has 0 amide bonds. The molecule has 1 atom stereocenters. The molecule has 0 aromatic carbocycles. The highest BCUT2D eigenvalue weighted by molar-refractivity contribution is 6.31. The number of hydrogen-bond acceptors (Lipinski definition) is 3. The lowest BCUT2D eigenvalue weighted by Crippen LogP contribution is -2.35. The van der Waals surface area contributed by atoms with Crippen molar-refractivity contribution in [2.75, 3.05) is 18.0 Å². The first-order chi connectivity index (χ1) is 8.85. The molecule has 19 heavy (non-hydrogen) atoms. The normalized spacial score (nSPS) is 20.1. The van der Waals surface area contributed by atoms with Crippen LogP contribution in [0, 0.1) is 5.92 Å². The largest absolute Gasteiger partial charge is 0.356 e. The predicted octanol–water partition coefficient (Wildman–Crippen LogP) is 3.47. The van der Waals surface area contributed by atoms with Crippen molar-refractivity contribution >= 4 is 17.4 Å². The lowest BCUT2D eigenvalue weighted by molar-refractivity contribution is 0.424. The highest BCUT2D eigenvalue weighted by Gasteiger charge is 2.20. The lowest BCUT2D eigenvalue weighted by atomic mass is 10.1. The number of nitrogens with zero attached hydrogens (tertiary/aromatic N) is 2. The molecule has 106 valence electrons. The second-order valence-corrected chi connectivity index (χ2v) is 6.98. The fraction of sp³-hybridized carbons (Fsp3) is 0.667. The average molecular weight is 282 g/mol. The molecule has 1 fully saturated rings. The third kappa shape index (κ3) is 4.08. The third-order valence-corrected chi connectivity index (χ3v) is 3.82. The van der Waals surface area contributed by atoms with E-state index in [2.05, 4.69) is 49.0 Å². The number of anilines is 1. The summed E-state index contributed by atoms with van der Waals surface area (Å²) in [6.07, 6.45) is 3.03. The summed E-state index contributed by atoms with van der Waals surface area (Å²) in [5.74, 6) is 1.81. The van der Waals surface area contributed by atoms with Crippen LogP contribution in [0.4, 0.5) is 5.82 Å². The van der Waals surface area contributed by atoms with Crippen LogP contribution < -0.4 is 10.2 Å². The van der Waals surface area contributed by atoms with Crippen LogP contribution in [0.5, 0.6) is 0 Å². The molecule has 1 aliphatic rings. The van der Waals surface area contributed by atoms with E-state index in [1.54, 1.807) is 6.20 Å². The van der Waals surface area contributed by atoms with Gasteiger partial charge in [-0.15, -0.1) is 0 Å². The average Bonchev–Trinajstić information content (AvgIpc) is 2.74. The highest BCUT2D eigenvalue weighted by atomic mass is 35.5. The summed E-state index contributed by atoms with van der Waals surface area (Å²) in [7, 11) is 0. The van der Waals surface area contributed by atoms with Gasteiger partial charge in [-0.05, 0) is 44.7 Å². The van der Waals surface area contributed by atoms with Crippen molar-refractivity contribution in [2.45, 2.75) is 46.2 Å². The molecule has 1 aliphatic heterocycles. The molecule has 0 saturated carbocycles. The van der Waals surface area contributed by atoms with Crippen LogP contribution >= 0.6 is 11.6 Å². The summed E-state index contributed by atoms with van der Waals surface area (Å²) in [5, 5.41) is 4.22. The van der Waals surface area contributed by atoms with Crippen molar-refractivity contribution in [3.05, 3.63) is 22.8 Å². The predicted molar refractivity (Wildman–Crippen MR) is 81.8 cm³/mol. The third-order valence-electron chi connectivity index (χ3n) is 3.48. The number of halogens is 1. The Morgan fingerprint density at radius 2 is 2.21 bits per heavy atom. The van der Waals surface area contributed by atoms with Gasteiger partial charge in [-0.1, -0.05) is 18.5 Å². The molecule has 2 heterocycles. The lowest BCUT2D eigenvalue weighted by Gasteiger charge is -2.22. The molecule has 1 N–H and O–H groups in total. The summed E-state index contributed by atoms with van der Waals surface area (Å²) >= 11 is 6.24. The molecule has 2 rings (SSSR count). The zero-order chi connectivity index (χ0) is 14.0. The van der Waals surface area contributed by atoms with E-state index >= 15 is 0 Å². The first-order valence-electron chi connectivity index (χ1n) is 6.99. The molecule has 1 saturated heterocycles. The van der Waals surface area contributed by atoms with Crippen molar-refractivity contribution in [3.63, 3.8) is 0 Å². The molecule has 1 aromatic rings. The van der Waals surface area contributed by atoms with Crippen LogP contribution in [-0.2, 0) is 6.54 Å². The summed E-state index contributed by atoms with van der Waals surface area (Å²) in [6.45, 7) is 11.7. The Morgan fingerprint density at radius 3 is 2.79 bits per heavy atom. The maximum Gasteiger partial charge on any atom is 0.128 e. The molecule has 0 aliphatic carbocycles. The van der Waals surface area contributed by atoms with Gasteiger partial charge in [0.05, 0.1) is 5.02 Å². The summed E-state index contributed by atoms with van der Waals surface area (Å²) in [5.41, 5.74) is 1.22. The standard InChI is InChI=1S/C15H24ClN3/c1-11-5-6-19(10-11)14-7-12(13(16)9-17-14)8-18-15(2,3)4/h7,9,11,18H,5-6,8,10H2,1-4H3. The van der Waals surface area contributed by atoms with Gasteiger partial charge in [-0.25, -0.2) is 4.98 Å². The van der Waals surface area contributed by atoms with E-state index < -0.39 is 0 Å². The quantitative estimate of drug-likeness (QED) is 0.920. The molecule has 1 aromatic heterocycles. The smallest absolute Gasteiger partial charge is 0.128 e. The van der Waals surface area contributed by atoms with Crippen LogP contribution in [0.3, 0.4) is 0 Å². The van der Waals surface area contributed by atoms with E-state index in [0.717, 1.165) is 42.0 Å². The van der Waals surface area contributed by atoms with Crippen molar-refractivity contribution in [3.8, 4) is 0 Å². The van der Waals surface area contributed by atoms with Gasteiger partial charge >= 0.3 is 0 Å². The van der Waals surface area contributed by atoms with Gasteiger partial charge in [-0.3, -0.25) is 0 Å². The van der Waals surface area contributed by atoms with Crippen molar-refractivity contribution in [1.29, 1.82) is 0 Å². The Kier molecular flexibility index (Phi) is 4.36. The topological polar surface area (TPSA) is 28.2 Å². The number of nitrogens with one attached hydrogen (secondary N) is 1. The van der Waals surface area contributed by atoms with Gasteiger partial charge in [0.15, 0.2) is 0 Å².